The highest BCUT2D eigenvalue weighted by Crippen LogP contribution is 2.30. The molecule has 0 radical (unpaired) electrons. The van der Waals surface area contributed by atoms with Crippen molar-refractivity contribution in [2.75, 3.05) is 39.3 Å². The van der Waals surface area contributed by atoms with Gasteiger partial charge in [-0.3, -0.25) is 14.3 Å². The van der Waals surface area contributed by atoms with Crippen molar-refractivity contribution in [2.24, 2.45) is 0 Å². The number of carbonyl (C=O) groups is 2. The highest BCUT2D eigenvalue weighted by atomic mass is 16.2. The van der Waals surface area contributed by atoms with Crippen LogP contribution in [0.3, 0.4) is 0 Å². The van der Waals surface area contributed by atoms with Gasteiger partial charge in [-0.15, -0.1) is 0 Å². The number of hydrogen-bond acceptors (Lipinski definition) is 4. The van der Waals surface area contributed by atoms with Gasteiger partial charge in [0.15, 0.2) is 0 Å². The summed E-state index contributed by atoms with van der Waals surface area (Å²) in [5, 5.41) is 7.72. The third-order valence-corrected chi connectivity index (χ3v) is 5.65. The summed E-state index contributed by atoms with van der Waals surface area (Å²) >= 11 is 0. The fourth-order valence-corrected chi connectivity index (χ4v) is 4.07. The van der Waals surface area contributed by atoms with Crippen molar-refractivity contribution in [2.45, 2.75) is 18.4 Å². The summed E-state index contributed by atoms with van der Waals surface area (Å²) in [4.78, 5) is 29.8. The second-order valence-corrected chi connectivity index (χ2v) is 7.18. The number of rotatable bonds is 3. The highest BCUT2D eigenvalue weighted by molar-refractivity contribution is 5.94. The van der Waals surface area contributed by atoms with Gasteiger partial charge in [-0.1, -0.05) is 18.2 Å². The summed E-state index contributed by atoms with van der Waals surface area (Å²) < 4.78 is 1.83. The topological polar surface area (TPSA) is 70.5 Å². The summed E-state index contributed by atoms with van der Waals surface area (Å²) in [5.41, 5.74) is 0.0871. The standard InChI is InChI=1S/C20H25N5O2/c26-18(17-5-2-1-3-6-17)23-13-15-24(16-14-23)19(27)20(7-10-21-11-8-20)25-12-4-9-22-25/h1-6,9,12,21H,7-8,10-11,13-16H2. The number of aromatic nitrogens is 2. The van der Waals surface area contributed by atoms with Crippen molar-refractivity contribution in [3.05, 3.63) is 54.4 Å². The maximum Gasteiger partial charge on any atom is 0.253 e. The predicted molar refractivity (Wildman–Crippen MR) is 101 cm³/mol. The molecule has 0 saturated carbocycles. The fourth-order valence-electron chi connectivity index (χ4n) is 4.07. The summed E-state index contributed by atoms with van der Waals surface area (Å²) in [6.45, 7) is 3.86. The average molecular weight is 367 g/mol. The van der Waals surface area contributed by atoms with Crippen LogP contribution in [-0.4, -0.2) is 70.7 Å². The van der Waals surface area contributed by atoms with Crippen molar-refractivity contribution in [1.29, 1.82) is 0 Å². The van der Waals surface area contributed by atoms with Gasteiger partial charge in [-0.05, 0) is 44.1 Å². The van der Waals surface area contributed by atoms with E-state index in [1.165, 1.54) is 0 Å². The molecule has 2 aliphatic heterocycles. The lowest BCUT2D eigenvalue weighted by Crippen LogP contribution is -2.59. The number of piperazine rings is 1. The van der Waals surface area contributed by atoms with E-state index in [2.05, 4.69) is 10.4 Å². The van der Waals surface area contributed by atoms with Gasteiger partial charge in [-0.25, -0.2) is 0 Å². The fraction of sp³-hybridized carbons (Fsp3) is 0.450. The zero-order chi connectivity index (χ0) is 18.7. The van der Waals surface area contributed by atoms with Crippen molar-refractivity contribution in [1.82, 2.24) is 24.9 Å². The minimum absolute atomic E-state index is 0.0337. The van der Waals surface area contributed by atoms with E-state index in [1.54, 1.807) is 6.20 Å². The van der Waals surface area contributed by atoms with Crippen LogP contribution >= 0.6 is 0 Å². The number of benzene rings is 1. The number of amides is 2. The van der Waals surface area contributed by atoms with E-state index in [1.807, 2.05) is 57.1 Å². The van der Waals surface area contributed by atoms with Gasteiger partial charge in [0.2, 0.25) is 0 Å². The zero-order valence-corrected chi connectivity index (χ0v) is 15.4. The minimum atomic E-state index is -0.611. The Kier molecular flexibility index (Phi) is 4.94. The monoisotopic (exact) mass is 367 g/mol. The van der Waals surface area contributed by atoms with Crippen molar-refractivity contribution in [3.63, 3.8) is 0 Å². The minimum Gasteiger partial charge on any atom is -0.337 e. The molecule has 0 atom stereocenters. The van der Waals surface area contributed by atoms with E-state index in [0.29, 0.717) is 31.7 Å². The van der Waals surface area contributed by atoms with Crippen LogP contribution in [0.2, 0.25) is 0 Å². The molecule has 1 aromatic carbocycles. The molecule has 2 saturated heterocycles. The van der Waals surface area contributed by atoms with E-state index in [4.69, 9.17) is 0 Å². The molecular weight excluding hydrogens is 342 g/mol. The maximum absolute atomic E-state index is 13.5. The molecule has 142 valence electrons. The smallest absolute Gasteiger partial charge is 0.253 e. The van der Waals surface area contributed by atoms with Crippen molar-refractivity contribution in [3.8, 4) is 0 Å². The van der Waals surface area contributed by atoms with Gasteiger partial charge in [0.25, 0.3) is 11.8 Å². The van der Waals surface area contributed by atoms with Crippen LogP contribution in [0.15, 0.2) is 48.8 Å². The summed E-state index contributed by atoms with van der Waals surface area (Å²) in [6.07, 6.45) is 5.08. The number of nitrogens with one attached hydrogen (secondary N) is 1. The average Bonchev–Trinajstić information content (AvgIpc) is 3.29. The zero-order valence-electron chi connectivity index (χ0n) is 15.4. The van der Waals surface area contributed by atoms with Gasteiger partial charge < -0.3 is 15.1 Å². The molecule has 0 aliphatic carbocycles. The van der Waals surface area contributed by atoms with Crippen LogP contribution in [0, 0.1) is 0 Å². The molecule has 27 heavy (non-hydrogen) atoms. The molecule has 0 unspecified atom stereocenters. The Hall–Kier alpha value is -2.67. The van der Waals surface area contributed by atoms with E-state index < -0.39 is 5.54 Å². The Morgan fingerprint density at radius 3 is 2.22 bits per heavy atom. The molecule has 4 rings (SSSR count). The highest BCUT2D eigenvalue weighted by Gasteiger charge is 2.45. The first kappa shape index (κ1) is 17.7. The van der Waals surface area contributed by atoms with E-state index in [9.17, 15) is 9.59 Å². The van der Waals surface area contributed by atoms with Gasteiger partial charge in [-0.2, -0.15) is 5.10 Å². The molecule has 2 amide bonds. The third kappa shape index (κ3) is 3.35. The number of hydrogen-bond donors (Lipinski definition) is 1. The normalized spacial score (nSPS) is 19.7. The Labute approximate surface area is 158 Å². The molecule has 1 aromatic heterocycles. The summed E-state index contributed by atoms with van der Waals surface area (Å²) in [6, 6.07) is 11.2. The predicted octanol–water partition coefficient (Wildman–Crippen LogP) is 0.946. The SMILES string of the molecule is O=C(c1ccccc1)N1CCN(C(=O)C2(n3cccn3)CCNCC2)CC1. The number of nitrogens with zero attached hydrogens (tertiary/aromatic N) is 4. The molecule has 3 heterocycles. The Morgan fingerprint density at radius 2 is 1.59 bits per heavy atom. The molecule has 7 nitrogen and oxygen atoms in total. The first-order valence-electron chi connectivity index (χ1n) is 9.55. The van der Waals surface area contributed by atoms with Crippen LogP contribution in [0.4, 0.5) is 0 Å². The molecule has 7 heteroatoms. The second-order valence-electron chi connectivity index (χ2n) is 7.18. The number of carbonyl (C=O) groups excluding carboxylic acids is 2. The molecule has 2 aliphatic rings. The van der Waals surface area contributed by atoms with Crippen molar-refractivity contribution >= 4 is 11.8 Å². The molecule has 0 bridgehead atoms. The van der Waals surface area contributed by atoms with Crippen LogP contribution in [0.1, 0.15) is 23.2 Å². The van der Waals surface area contributed by atoms with Crippen LogP contribution in [-0.2, 0) is 10.3 Å². The second kappa shape index (κ2) is 7.52. The largest absolute Gasteiger partial charge is 0.337 e. The van der Waals surface area contributed by atoms with Crippen LogP contribution in [0.5, 0.6) is 0 Å². The Morgan fingerprint density at radius 1 is 0.926 bits per heavy atom. The van der Waals surface area contributed by atoms with E-state index in [0.717, 1.165) is 25.9 Å². The molecular formula is C20H25N5O2. The van der Waals surface area contributed by atoms with Gasteiger partial charge in [0.05, 0.1) is 0 Å². The summed E-state index contributed by atoms with van der Waals surface area (Å²) in [5.74, 6) is 0.158. The lowest BCUT2D eigenvalue weighted by atomic mass is 9.86. The molecule has 2 fully saturated rings. The lowest BCUT2D eigenvalue weighted by Gasteiger charge is -2.43. The van der Waals surface area contributed by atoms with Crippen LogP contribution in [0.25, 0.3) is 0 Å². The Balaban J connectivity index is 1.45. The van der Waals surface area contributed by atoms with Gasteiger partial charge in [0.1, 0.15) is 5.54 Å². The third-order valence-electron chi connectivity index (χ3n) is 5.65. The molecule has 1 N–H and O–H groups in total. The first-order valence-corrected chi connectivity index (χ1v) is 9.55. The quantitative estimate of drug-likeness (QED) is 0.877. The summed E-state index contributed by atoms with van der Waals surface area (Å²) in [7, 11) is 0. The first-order chi connectivity index (χ1) is 13.2. The number of piperidine rings is 1. The van der Waals surface area contributed by atoms with Crippen molar-refractivity contribution < 1.29 is 9.59 Å². The van der Waals surface area contributed by atoms with Gasteiger partial charge >= 0.3 is 0 Å². The van der Waals surface area contributed by atoms with Gasteiger partial charge in [0, 0.05) is 44.1 Å². The lowest BCUT2D eigenvalue weighted by molar-refractivity contribution is -0.144. The molecule has 0 spiro atoms. The maximum atomic E-state index is 13.5. The van der Waals surface area contributed by atoms with E-state index in [-0.39, 0.29) is 11.8 Å². The molecule has 2 aromatic rings. The van der Waals surface area contributed by atoms with E-state index >= 15 is 0 Å². The van der Waals surface area contributed by atoms with Crippen LogP contribution < -0.4 is 5.32 Å². The Bertz CT molecular complexity index is 776.